The molecule has 0 unspecified atom stereocenters. The zero-order valence-corrected chi connectivity index (χ0v) is 19.3. The number of rotatable bonds is 5. The Kier molecular flexibility index (Phi) is 6.10. The van der Waals surface area contributed by atoms with Crippen molar-refractivity contribution in [1.82, 2.24) is 4.57 Å². The van der Waals surface area contributed by atoms with Gasteiger partial charge in [0.2, 0.25) is 0 Å². The van der Waals surface area contributed by atoms with Crippen LogP contribution < -0.4 is 19.8 Å². The van der Waals surface area contributed by atoms with E-state index in [4.69, 9.17) is 9.73 Å². The number of ether oxygens (including phenoxy) is 1. The van der Waals surface area contributed by atoms with Gasteiger partial charge in [0.1, 0.15) is 6.04 Å². The molecule has 0 bridgehead atoms. The van der Waals surface area contributed by atoms with E-state index in [-0.39, 0.29) is 12.2 Å². The third-order valence-corrected chi connectivity index (χ3v) is 6.35. The summed E-state index contributed by atoms with van der Waals surface area (Å²) < 4.78 is 7.40. The zero-order valence-electron chi connectivity index (χ0n) is 18.5. The Morgan fingerprint density at radius 2 is 1.84 bits per heavy atom. The lowest BCUT2D eigenvalue weighted by atomic mass is 9.97. The average molecular weight is 448 g/mol. The van der Waals surface area contributed by atoms with E-state index in [1.54, 1.807) is 13.8 Å². The van der Waals surface area contributed by atoms with Gasteiger partial charge in [0.05, 0.1) is 16.7 Å². The zero-order chi connectivity index (χ0) is 22.8. The minimum Gasteiger partial charge on any atom is -0.463 e. The van der Waals surface area contributed by atoms with Crippen molar-refractivity contribution in [2.75, 3.05) is 25.6 Å². The monoisotopic (exact) mass is 447 g/mol. The van der Waals surface area contributed by atoms with Crippen LogP contribution in [0.1, 0.15) is 31.0 Å². The Hall–Kier alpha value is -3.45. The van der Waals surface area contributed by atoms with Crippen molar-refractivity contribution < 1.29 is 9.53 Å². The average Bonchev–Trinajstić information content (AvgIpc) is 3.10. The standard InChI is InChI=1S/C25H25N3O3S/c1-5-31-24(30)21-16(2)28-23(29)20(15-17-11-13-19(14-12-17)27(3)4)32-25(28)26-22(21)18-9-7-6-8-10-18/h6-15,22H,5H2,1-4H3/b20-15-/t22-/m1/s1. The van der Waals surface area contributed by atoms with Gasteiger partial charge < -0.3 is 9.64 Å². The largest absolute Gasteiger partial charge is 0.463 e. The number of thiazole rings is 1. The molecule has 2 aromatic carbocycles. The van der Waals surface area contributed by atoms with Crippen LogP contribution in [0.5, 0.6) is 0 Å². The number of carbonyl (C=O) groups excluding carboxylic acids is 1. The number of aromatic nitrogens is 1. The van der Waals surface area contributed by atoms with E-state index in [9.17, 15) is 9.59 Å². The topological polar surface area (TPSA) is 63.9 Å². The predicted molar refractivity (Wildman–Crippen MR) is 128 cm³/mol. The maximum atomic E-state index is 13.3. The number of anilines is 1. The number of allylic oxidation sites excluding steroid dienone is 1. The van der Waals surface area contributed by atoms with E-state index in [0.29, 0.717) is 20.6 Å². The van der Waals surface area contributed by atoms with Crippen LogP contribution >= 0.6 is 11.3 Å². The second-order valence-corrected chi connectivity index (χ2v) is 8.69. The number of carbonyl (C=O) groups is 1. The molecule has 0 saturated carbocycles. The fourth-order valence-corrected chi connectivity index (χ4v) is 4.75. The number of benzene rings is 2. The van der Waals surface area contributed by atoms with Gasteiger partial charge >= 0.3 is 5.97 Å². The van der Waals surface area contributed by atoms with Gasteiger partial charge in [-0.25, -0.2) is 9.79 Å². The molecule has 0 aliphatic carbocycles. The smallest absolute Gasteiger partial charge is 0.338 e. The van der Waals surface area contributed by atoms with E-state index in [1.807, 2.05) is 79.7 Å². The van der Waals surface area contributed by atoms with Crippen LogP contribution in [-0.2, 0) is 9.53 Å². The maximum Gasteiger partial charge on any atom is 0.338 e. The highest BCUT2D eigenvalue weighted by Crippen LogP contribution is 2.32. The molecule has 6 nitrogen and oxygen atoms in total. The second-order valence-electron chi connectivity index (χ2n) is 7.68. The van der Waals surface area contributed by atoms with E-state index >= 15 is 0 Å². The molecular weight excluding hydrogens is 422 g/mol. The van der Waals surface area contributed by atoms with Crippen molar-refractivity contribution in [1.29, 1.82) is 0 Å². The molecule has 0 radical (unpaired) electrons. The fourth-order valence-electron chi connectivity index (χ4n) is 3.71. The van der Waals surface area contributed by atoms with Gasteiger partial charge in [0.25, 0.3) is 5.56 Å². The molecule has 1 aliphatic heterocycles. The van der Waals surface area contributed by atoms with Crippen molar-refractivity contribution in [3.05, 3.63) is 91.0 Å². The van der Waals surface area contributed by atoms with Crippen LogP contribution in [0.3, 0.4) is 0 Å². The van der Waals surface area contributed by atoms with Crippen molar-refractivity contribution in [2.45, 2.75) is 19.9 Å². The van der Waals surface area contributed by atoms with Gasteiger partial charge in [0, 0.05) is 25.5 Å². The van der Waals surface area contributed by atoms with Gasteiger partial charge in [-0.05, 0) is 43.2 Å². The number of nitrogens with zero attached hydrogens (tertiary/aromatic N) is 3. The lowest BCUT2D eigenvalue weighted by Gasteiger charge is -2.22. The number of fused-ring (bicyclic) bond motifs is 1. The summed E-state index contributed by atoms with van der Waals surface area (Å²) in [5.41, 5.74) is 3.67. The first kappa shape index (κ1) is 21.8. The van der Waals surface area contributed by atoms with Crippen LogP contribution in [0, 0.1) is 0 Å². The molecule has 0 N–H and O–H groups in total. The van der Waals surface area contributed by atoms with Crippen LogP contribution in [0.2, 0.25) is 0 Å². The summed E-state index contributed by atoms with van der Waals surface area (Å²) in [6.07, 6.45) is 1.86. The minimum atomic E-state index is -0.513. The molecule has 32 heavy (non-hydrogen) atoms. The molecular formula is C25H25N3O3S. The molecule has 1 aromatic heterocycles. The van der Waals surface area contributed by atoms with Crippen LogP contribution in [0.25, 0.3) is 11.8 Å². The summed E-state index contributed by atoms with van der Waals surface area (Å²) in [6, 6.07) is 17.1. The fraction of sp³-hybridized carbons (Fsp3) is 0.240. The van der Waals surface area contributed by atoms with Gasteiger partial charge in [-0.1, -0.05) is 53.8 Å². The molecule has 0 fully saturated rings. The summed E-state index contributed by atoms with van der Waals surface area (Å²) in [5.74, 6) is -0.448. The highest BCUT2D eigenvalue weighted by atomic mass is 32.1. The molecule has 0 amide bonds. The molecule has 0 saturated heterocycles. The van der Waals surface area contributed by atoms with E-state index in [2.05, 4.69) is 0 Å². The Morgan fingerprint density at radius 3 is 2.47 bits per heavy atom. The molecule has 1 aliphatic rings. The van der Waals surface area contributed by atoms with Crippen molar-refractivity contribution in [3.8, 4) is 0 Å². The van der Waals surface area contributed by atoms with Crippen molar-refractivity contribution >= 4 is 34.8 Å². The Bertz CT molecular complexity index is 1350. The third-order valence-electron chi connectivity index (χ3n) is 5.36. The first-order valence-electron chi connectivity index (χ1n) is 10.4. The number of esters is 1. The highest BCUT2D eigenvalue weighted by molar-refractivity contribution is 7.07. The quantitative estimate of drug-likeness (QED) is 0.564. The normalized spacial score (nSPS) is 15.9. The van der Waals surface area contributed by atoms with Crippen molar-refractivity contribution in [2.24, 2.45) is 4.99 Å². The van der Waals surface area contributed by atoms with Crippen LogP contribution in [0.15, 0.2) is 70.0 Å². The molecule has 0 spiro atoms. The first-order chi connectivity index (χ1) is 15.4. The summed E-state index contributed by atoms with van der Waals surface area (Å²) in [7, 11) is 3.97. The molecule has 3 aromatic rings. The summed E-state index contributed by atoms with van der Waals surface area (Å²) >= 11 is 1.33. The molecule has 164 valence electrons. The molecule has 7 heteroatoms. The van der Waals surface area contributed by atoms with E-state index < -0.39 is 12.0 Å². The van der Waals surface area contributed by atoms with Crippen molar-refractivity contribution in [3.63, 3.8) is 0 Å². The molecule has 2 heterocycles. The van der Waals surface area contributed by atoms with E-state index in [0.717, 1.165) is 16.8 Å². The van der Waals surface area contributed by atoms with Gasteiger partial charge in [-0.2, -0.15) is 0 Å². The SMILES string of the molecule is CCOC(=O)C1=C(C)n2c(s/c(=C\c3ccc(N(C)C)cc3)c2=O)=N[C@@H]1c1ccccc1. The van der Waals surface area contributed by atoms with Gasteiger partial charge in [0.15, 0.2) is 4.80 Å². The van der Waals surface area contributed by atoms with Gasteiger partial charge in [-0.3, -0.25) is 9.36 Å². The summed E-state index contributed by atoms with van der Waals surface area (Å²) in [5, 5.41) is 0. The Balaban J connectivity index is 1.89. The van der Waals surface area contributed by atoms with E-state index in [1.165, 1.54) is 15.9 Å². The van der Waals surface area contributed by atoms with Gasteiger partial charge in [-0.15, -0.1) is 0 Å². The minimum absolute atomic E-state index is 0.184. The maximum absolute atomic E-state index is 13.3. The Morgan fingerprint density at radius 1 is 1.16 bits per heavy atom. The lowest BCUT2D eigenvalue weighted by molar-refractivity contribution is -0.138. The summed E-state index contributed by atoms with van der Waals surface area (Å²) in [4.78, 5) is 33.5. The second kappa shape index (κ2) is 8.96. The number of hydrogen-bond donors (Lipinski definition) is 0. The summed E-state index contributed by atoms with van der Waals surface area (Å²) in [6.45, 7) is 3.80. The lowest BCUT2D eigenvalue weighted by Crippen LogP contribution is -2.35. The first-order valence-corrected chi connectivity index (χ1v) is 11.2. The third kappa shape index (κ3) is 4.03. The number of hydrogen-bond acceptors (Lipinski definition) is 6. The predicted octanol–water partition coefficient (Wildman–Crippen LogP) is 2.97. The van der Waals surface area contributed by atoms with Crippen LogP contribution in [0.4, 0.5) is 5.69 Å². The molecule has 1 atom stereocenters. The molecule has 4 rings (SSSR count). The highest BCUT2D eigenvalue weighted by Gasteiger charge is 2.31. The Labute approximate surface area is 190 Å². The van der Waals surface area contributed by atoms with Crippen LogP contribution in [-0.4, -0.2) is 31.2 Å².